The highest BCUT2D eigenvalue weighted by molar-refractivity contribution is 6.32. The summed E-state index contributed by atoms with van der Waals surface area (Å²) < 4.78 is 5.09. The molecular weight excluding hydrogens is 204 g/mol. The van der Waals surface area contributed by atoms with Crippen molar-refractivity contribution in [3.05, 3.63) is 29.3 Å². The van der Waals surface area contributed by atoms with Crippen LogP contribution in [0.5, 0.6) is 5.75 Å². The van der Waals surface area contributed by atoms with Crippen molar-refractivity contribution in [1.29, 1.82) is 5.26 Å². The van der Waals surface area contributed by atoms with Gasteiger partial charge in [0.15, 0.2) is 0 Å². The van der Waals surface area contributed by atoms with Gasteiger partial charge in [0.2, 0.25) is 0 Å². The zero-order chi connectivity index (χ0) is 11.7. The molecule has 1 heterocycles. The lowest BCUT2D eigenvalue weighted by Gasteiger charge is -2.03. The topological polar surface area (TPSA) is 62.1 Å². The van der Waals surface area contributed by atoms with Gasteiger partial charge in [-0.2, -0.15) is 5.26 Å². The van der Waals surface area contributed by atoms with E-state index in [-0.39, 0.29) is 5.91 Å². The zero-order valence-corrected chi connectivity index (χ0v) is 9.00. The van der Waals surface area contributed by atoms with Crippen LogP contribution in [-0.2, 0) is 4.79 Å². The van der Waals surface area contributed by atoms with E-state index in [1.54, 1.807) is 32.2 Å². The van der Waals surface area contributed by atoms with E-state index in [9.17, 15) is 4.79 Å². The fourth-order valence-electron chi connectivity index (χ4n) is 1.70. The van der Waals surface area contributed by atoms with Crippen LogP contribution >= 0.6 is 0 Å². The van der Waals surface area contributed by atoms with E-state index in [0.29, 0.717) is 16.9 Å². The van der Waals surface area contributed by atoms with E-state index in [0.717, 1.165) is 11.3 Å². The number of hydrogen-bond acceptors (Lipinski definition) is 3. The number of amides is 1. The van der Waals surface area contributed by atoms with Gasteiger partial charge in [-0.3, -0.25) is 4.79 Å². The number of ether oxygens (including phenoxy) is 1. The van der Waals surface area contributed by atoms with E-state index in [1.807, 2.05) is 6.07 Å². The number of carbonyl (C=O) groups excluding carboxylic acids is 1. The highest BCUT2D eigenvalue weighted by Gasteiger charge is 2.26. The molecule has 1 amide bonds. The van der Waals surface area contributed by atoms with Crippen LogP contribution in [0, 0.1) is 11.3 Å². The van der Waals surface area contributed by atoms with Gasteiger partial charge in [0.1, 0.15) is 5.75 Å². The number of nitrogens with zero attached hydrogens (tertiary/aromatic N) is 1. The predicted molar refractivity (Wildman–Crippen MR) is 59.8 cm³/mol. The Kier molecular flexibility index (Phi) is 2.37. The number of benzene rings is 1. The molecule has 0 aromatic heterocycles. The third-order valence-electron chi connectivity index (χ3n) is 2.51. The Morgan fingerprint density at radius 3 is 2.88 bits per heavy atom. The van der Waals surface area contributed by atoms with Crippen molar-refractivity contribution in [1.82, 2.24) is 0 Å². The van der Waals surface area contributed by atoms with Crippen molar-refractivity contribution in [2.24, 2.45) is 0 Å². The van der Waals surface area contributed by atoms with Crippen LogP contribution in [0.25, 0.3) is 5.57 Å². The molecule has 0 aliphatic carbocycles. The van der Waals surface area contributed by atoms with Crippen LogP contribution in [0.3, 0.4) is 0 Å². The van der Waals surface area contributed by atoms with Crippen molar-refractivity contribution in [2.45, 2.75) is 6.92 Å². The quantitative estimate of drug-likeness (QED) is 0.574. The van der Waals surface area contributed by atoms with Gasteiger partial charge in [0, 0.05) is 16.8 Å². The molecule has 0 bridgehead atoms. The van der Waals surface area contributed by atoms with Gasteiger partial charge >= 0.3 is 0 Å². The number of nitrogens with one attached hydrogen (secondary N) is 1. The first-order valence-electron chi connectivity index (χ1n) is 4.78. The number of allylic oxidation sites excluding steroid dienone is 1. The van der Waals surface area contributed by atoms with Crippen LogP contribution < -0.4 is 10.1 Å². The standard InChI is InChI=1S/C12H10N2O2/c1-7(6-13)11-9-5-8(16-2)3-4-10(9)14-12(11)15/h3-5H,1-2H3,(H,14,15)/b11-7-. The summed E-state index contributed by atoms with van der Waals surface area (Å²) in [6, 6.07) is 7.28. The number of fused-ring (bicyclic) bond motifs is 1. The summed E-state index contributed by atoms with van der Waals surface area (Å²) >= 11 is 0. The Bertz CT molecular complexity index is 538. The highest BCUT2D eigenvalue weighted by atomic mass is 16.5. The van der Waals surface area contributed by atoms with Gasteiger partial charge in [-0.1, -0.05) is 0 Å². The van der Waals surface area contributed by atoms with Gasteiger partial charge < -0.3 is 10.1 Å². The summed E-state index contributed by atoms with van der Waals surface area (Å²) in [4.78, 5) is 11.7. The first-order valence-corrected chi connectivity index (χ1v) is 4.78. The van der Waals surface area contributed by atoms with E-state index in [2.05, 4.69) is 5.32 Å². The third kappa shape index (κ3) is 1.43. The normalized spacial score (nSPS) is 16.2. The SMILES string of the molecule is COc1ccc2c(c1)/C(=C(\C)C#N)C(=O)N2. The fourth-order valence-corrected chi connectivity index (χ4v) is 1.70. The molecule has 1 aliphatic rings. The third-order valence-corrected chi connectivity index (χ3v) is 2.51. The van der Waals surface area contributed by atoms with E-state index >= 15 is 0 Å². The summed E-state index contributed by atoms with van der Waals surface area (Å²) in [6.07, 6.45) is 0. The number of rotatable bonds is 1. The Balaban J connectivity index is 2.65. The van der Waals surface area contributed by atoms with Crippen molar-refractivity contribution < 1.29 is 9.53 Å². The molecule has 1 aromatic rings. The number of hydrogen-bond donors (Lipinski definition) is 1. The molecule has 0 saturated carbocycles. The predicted octanol–water partition coefficient (Wildman–Crippen LogP) is 1.94. The van der Waals surface area contributed by atoms with E-state index in [4.69, 9.17) is 10.00 Å². The summed E-state index contributed by atoms with van der Waals surface area (Å²) in [6.45, 7) is 1.63. The molecule has 4 nitrogen and oxygen atoms in total. The minimum absolute atomic E-state index is 0.234. The van der Waals surface area contributed by atoms with Gasteiger partial charge in [-0.25, -0.2) is 0 Å². The van der Waals surface area contributed by atoms with Crippen LogP contribution in [0.15, 0.2) is 23.8 Å². The lowest BCUT2D eigenvalue weighted by Crippen LogP contribution is -2.04. The minimum atomic E-state index is -0.234. The molecule has 1 aromatic carbocycles. The van der Waals surface area contributed by atoms with Gasteiger partial charge in [-0.15, -0.1) is 0 Å². The molecule has 16 heavy (non-hydrogen) atoms. The maximum Gasteiger partial charge on any atom is 0.257 e. The second-order valence-corrected chi connectivity index (χ2v) is 3.48. The zero-order valence-electron chi connectivity index (χ0n) is 9.00. The molecule has 0 saturated heterocycles. The van der Waals surface area contributed by atoms with Crippen LogP contribution in [0.4, 0.5) is 5.69 Å². The van der Waals surface area contributed by atoms with Gasteiger partial charge in [0.25, 0.3) is 5.91 Å². The molecule has 0 radical (unpaired) electrons. The maximum absolute atomic E-state index is 11.7. The molecule has 0 atom stereocenters. The first kappa shape index (κ1) is 10.2. The van der Waals surface area contributed by atoms with E-state index in [1.165, 1.54) is 0 Å². The fraction of sp³-hybridized carbons (Fsp3) is 0.167. The Labute approximate surface area is 93.1 Å². The molecule has 1 aliphatic heterocycles. The van der Waals surface area contributed by atoms with Crippen molar-refractivity contribution in [3.63, 3.8) is 0 Å². The lowest BCUT2D eigenvalue weighted by molar-refractivity contribution is -0.110. The van der Waals surface area contributed by atoms with E-state index < -0.39 is 0 Å². The number of anilines is 1. The smallest absolute Gasteiger partial charge is 0.257 e. The maximum atomic E-state index is 11.7. The summed E-state index contributed by atoms with van der Waals surface area (Å²) in [5.74, 6) is 0.431. The Morgan fingerprint density at radius 1 is 1.50 bits per heavy atom. The van der Waals surface area contributed by atoms with Gasteiger partial charge in [0.05, 0.1) is 18.8 Å². The van der Waals surface area contributed by atoms with Crippen LogP contribution in [0.2, 0.25) is 0 Å². The molecule has 0 fully saturated rings. The van der Waals surface area contributed by atoms with Crippen LogP contribution in [0.1, 0.15) is 12.5 Å². The average molecular weight is 214 g/mol. The van der Waals surface area contributed by atoms with Crippen molar-refractivity contribution >= 4 is 17.2 Å². The minimum Gasteiger partial charge on any atom is -0.497 e. The average Bonchev–Trinajstić information content (AvgIpc) is 2.63. The molecule has 4 heteroatoms. The highest BCUT2D eigenvalue weighted by Crippen LogP contribution is 2.35. The second kappa shape index (κ2) is 3.70. The molecule has 1 N–H and O–H groups in total. The lowest BCUT2D eigenvalue weighted by atomic mass is 10.0. The summed E-state index contributed by atoms with van der Waals surface area (Å²) in [7, 11) is 1.56. The molecular formula is C12H10N2O2. The second-order valence-electron chi connectivity index (χ2n) is 3.48. The number of nitriles is 1. The number of carbonyl (C=O) groups is 1. The van der Waals surface area contributed by atoms with Gasteiger partial charge in [-0.05, 0) is 25.1 Å². The monoisotopic (exact) mass is 214 g/mol. The molecule has 0 unspecified atom stereocenters. The Morgan fingerprint density at radius 2 is 2.25 bits per heavy atom. The first-order chi connectivity index (χ1) is 7.67. The van der Waals surface area contributed by atoms with Crippen molar-refractivity contribution in [3.8, 4) is 11.8 Å². The molecule has 80 valence electrons. The number of methoxy groups -OCH3 is 1. The largest absolute Gasteiger partial charge is 0.497 e. The van der Waals surface area contributed by atoms with Crippen LogP contribution in [-0.4, -0.2) is 13.0 Å². The molecule has 0 spiro atoms. The molecule has 2 rings (SSSR count). The van der Waals surface area contributed by atoms with Crippen molar-refractivity contribution in [2.75, 3.05) is 12.4 Å². The Hall–Kier alpha value is -2.28. The summed E-state index contributed by atoms with van der Waals surface area (Å²) in [5, 5.41) is 11.6. The summed E-state index contributed by atoms with van der Waals surface area (Å²) in [5.41, 5.74) is 2.28.